The van der Waals surface area contributed by atoms with Gasteiger partial charge >= 0.3 is 0 Å². The molecule has 55 heavy (non-hydrogen) atoms. The zero-order valence-corrected chi connectivity index (χ0v) is 32.4. The van der Waals surface area contributed by atoms with Gasteiger partial charge in [-0.15, -0.1) is 0 Å². The lowest BCUT2D eigenvalue weighted by molar-refractivity contribution is -0.188. The number of carbonyl (C=O) groups is 1. The lowest BCUT2D eigenvalue weighted by Crippen LogP contribution is -2.63. The van der Waals surface area contributed by atoms with Gasteiger partial charge in [-0.3, -0.25) is 4.79 Å². The Kier molecular flexibility index (Phi) is 8.52. The van der Waals surface area contributed by atoms with Crippen LogP contribution in [0.2, 0.25) is 0 Å². The first kappa shape index (κ1) is 34.1. The summed E-state index contributed by atoms with van der Waals surface area (Å²) in [6.45, 7) is 2.29. The average Bonchev–Trinajstić information content (AvgIpc) is 3.56. The van der Waals surface area contributed by atoms with Gasteiger partial charge in [-0.1, -0.05) is 164 Å². The second kappa shape index (κ2) is 13.8. The van der Waals surface area contributed by atoms with Crippen LogP contribution < -0.4 is 0 Å². The summed E-state index contributed by atoms with van der Waals surface area (Å²) in [7, 11) is 0. The van der Waals surface area contributed by atoms with Crippen LogP contribution in [0.15, 0.2) is 146 Å². The lowest BCUT2D eigenvalue weighted by Gasteiger charge is -2.69. The van der Waals surface area contributed by atoms with Crippen molar-refractivity contribution in [3.8, 4) is 0 Å². The summed E-state index contributed by atoms with van der Waals surface area (Å²) in [4.78, 5) is 15.4. The first-order valence-electron chi connectivity index (χ1n) is 22.0. The lowest BCUT2D eigenvalue weighted by atomic mass is 9.35. The van der Waals surface area contributed by atoms with Gasteiger partial charge in [-0.2, -0.15) is 0 Å². The van der Waals surface area contributed by atoms with E-state index < -0.39 is 0 Å². The quantitative estimate of drug-likeness (QED) is 0.177. The largest absolute Gasteiger partial charge is 0.298 e. The van der Waals surface area contributed by atoms with Crippen LogP contribution in [0.5, 0.6) is 0 Å². The molecule has 15 unspecified atom stereocenters. The number of ketones is 1. The number of aryl methyl sites for hydroxylation is 1. The van der Waals surface area contributed by atoms with Crippen molar-refractivity contribution >= 4 is 5.78 Å². The Morgan fingerprint density at radius 1 is 0.400 bits per heavy atom. The molecule has 6 fully saturated rings. The van der Waals surface area contributed by atoms with Gasteiger partial charge in [0.15, 0.2) is 0 Å². The molecule has 6 aliphatic carbocycles. The highest BCUT2D eigenvalue weighted by molar-refractivity contribution is 5.95. The van der Waals surface area contributed by atoms with Gasteiger partial charge in [0.05, 0.1) is 0 Å². The Balaban J connectivity index is 1.12. The van der Waals surface area contributed by atoms with E-state index in [1.165, 1.54) is 61.6 Å². The molecule has 0 radical (unpaired) electrons. The number of rotatable bonds is 5. The minimum absolute atomic E-state index is 0.00703. The van der Waals surface area contributed by atoms with E-state index in [4.69, 9.17) is 0 Å². The normalized spacial score (nSPS) is 38.7. The summed E-state index contributed by atoms with van der Waals surface area (Å²) < 4.78 is 0. The molecule has 15 atom stereocenters. The predicted molar refractivity (Wildman–Crippen MR) is 223 cm³/mol. The maximum atomic E-state index is 15.4. The van der Waals surface area contributed by atoms with Crippen LogP contribution in [-0.4, -0.2) is 5.78 Å². The van der Waals surface area contributed by atoms with Crippen molar-refractivity contribution in [1.82, 2.24) is 0 Å². The molecule has 0 spiro atoms. The number of benzene rings is 5. The van der Waals surface area contributed by atoms with Gasteiger partial charge in [-0.25, -0.2) is 0 Å². The van der Waals surface area contributed by atoms with Crippen LogP contribution in [-0.2, 0) is 4.79 Å². The molecule has 0 aromatic heterocycles. The Morgan fingerprint density at radius 3 is 1.35 bits per heavy atom. The van der Waals surface area contributed by atoms with Crippen molar-refractivity contribution in [2.45, 2.75) is 81.5 Å². The smallest absolute Gasteiger partial charge is 0.148 e. The topological polar surface area (TPSA) is 17.1 Å². The van der Waals surface area contributed by atoms with Crippen molar-refractivity contribution in [2.24, 2.45) is 59.2 Å². The van der Waals surface area contributed by atoms with E-state index in [0.717, 1.165) is 5.92 Å². The van der Waals surface area contributed by atoms with Gasteiger partial charge in [0.1, 0.15) is 5.78 Å². The van der Waals surface area contributed by atoms with Crippen molar-refractivity contribution in [1.29, 1.82) is 0 Å². The minimum Gasteiger partial charge on any atom is -0.298 e. The molecule has 5 aromatic carbocycles. The molecule has 6 saturated carbocycles. The van der Waals surface area contributed by atoms with E-state index in [2.05, 4.69) is 153 Å². The molecule has 0 bridgehead atoms. The SMILES string of the molecule is Cc1cccc(C2CC(c3ccccc3)C3C4CCCC5C6C(c7ccccc7)C(=O)C(c7ccccc7)C6C6CCCC(C6C45)C3C2c2ccccc2)c1. The van der Waals surface area contributed by atoms with Crippen LogP contribution in [0.1, 0.15) is 108 Å². The molecule has 278 valence electrons. The van der Waals surface area contributed by atoms with Gasteiger partial charge in [0.25, 0.3) is 0 Å². The third-order valence-electron chi connectivity index (χ3n) is 16.8. The summed E-state index contributed by atoms with van der Waals surface area (Å²) in [6, 6.07) is 55.4. The number of carbonyl (C=O) groups excluding carboxylic acids is 1. The Bertz CT molecular complexity index is 2120. The van der Waals surface area contributed by atoms with Crippen molar-refractivity contribution in [3.05, 3.63) is 179 Å². The molecule has 1 nitrogen and oxygen atoms in total. The Hall–Kier alpha value is -4.23. The van der Waals surface area contributed by atoms with Gasteiger partial charge in [0, 0.05) is 11.8 Å². The van der Waals surface area contributed by atoms with Crippen LogP contribution in [0.4, 0.5) is 0 Å². The fourth-order valence-electron chi connectivity index (χ4n) is 15.6. The molecular weight excluding hydrogens is 665 g/mol. The molecule has 5 aromatic rings. The number of Topliss-reactive ketones (excluding diaryl/α,β-unsaturated/α-hetero) is 1. The van der Waals surface area contributed by atoms with Crippen molar-refractivity contribution in [3.63, 3.8) is 0 Å². The molecule has 0 heterocycles. The number of hydrogen-bond donors (Lipinski definition) is 0. The molecule has 0 aliphatic heterocycles. The molecule has 0 amide bonds. The highest BCUT2D eigenvalue weighted by Gasteiger charge is 2.69. The van der Waals surface area contributed by atoms with E-state index in [9.17, 15) is 0 Å². The Labute approximate surface area is 329 Å². The fraction of sp³-hybridized carbons (Fsp3) is 0.426. The van der Waals surface area contributed by atoms with Crippen LogP contribution in [0, 0.1) is 66.1 Å². The maximum absolute atomic E-state index is 15.4. The molecule has 0 saturated heterocycles. The molecular formula is C54H56O. The monoisotopic (exact) mass is 720 g/mol. The van der Waals surface area contributed by atoms with E-state index in [0.29, 0.717) is 76.8 Å². The van der Waals surface area contributed by atoms with Crippen molar-refractivity contribution in [2.75, 3.05) is 0 Å². The van der Waals surface area contributed by atoms with E-state index in [-0.39, 0.29) is 11.8 Å². The van der Waals surface area contributed by atoms with Gasteiger partial charge in [-0.05, 0) is 144 Å². The van der Waals surface area contributed by atoms with E-state index >= 15 is 4.79 Å². The molecule has 11 rings (SSSR count). The van der Waals surface area contributed by atoms with Gasteiger partial charge < -0.3 is 0 Å². The number of hydrogen-bond acceptors (Lipinski definition) is 1. The average molecular weight is 721 g/mol. The zero-order valence-electron chi connectivity index (χ0n) is 32.4. The summed E-state index contributed by atoms with van der Waals surface area (Å²) in [6.07, 6.45) is 9.15. The third kappa shape index (κ3) is 5.34. The minimum atomic E-state index is 0.00703. The first-order chi connectivity index (χ1) is 27.2. The second-order valence-electron chi connectivity index (χ2n) is 18.9. The van der Waals surface area contributed by atoms with Crippen molar-refractivity contribution < 1.29 is 4.79 Å². The van der Waals surface area contributed by atoms with Crippen LogP contribution in [0.3, 0.4) is 0 Å². The standard InChI is InChI=1S/C54H56O/c1-33-17-14-26-38(31-33)44-32-43(34-18-6-2-7-19-34)50-39-27-15-29-41-48(39)49-40(51(50)45(44)35-20-8-3-9-21-35)28-16-30-42(49)53-47(37-24-12-5-13-25-37)54(55)46(52(41)53)36-22-10-4-11-23-36/h2-14,17-26,31,39-53H,15-16,27-30,32H2,1H3. The summed E-state index contributed by atoms with van der Waals surface area (Å²) in [5.41, 5.74) is 8.64. The predicted octanol–water partition coefficient (Wildman–Crippen LogP) is 12.8. The maximum Gasteiger partial charge on any atom is 0.148 e. The molecule has 6 aliphatic rings. The highest BCUT2D eigenvalue weighted by Crippen LogP contribution is 2.75. The van der Waals surface area contributed by atoms with E-state index in [1.54, 1.807) is 16.7 Å². The first-order valence-corrected chi connectivity index (χ1v) is 22.0. The van der Waals surface area contributed by atoms with Gasteiger partial charge in [0.2, 0.25) is 0 Å². The summed E-state index contributed by atoms with van der Waals surface area (Å²) in [5.74, 6) is 8.30. The third-order valence-corrected chi connectivity index (χ3v) is 16.8. The highest BCUT2D eigenvalue weighted by atomic mass is 16.1. The zero-order chi connectivity index (χ0) is 36.6. The van der Waals surface area contributed by atoms with Crippen LogP contribution >= 0.6 is 0 Å². The summed E-state index contributed by atoms with van der Waals surface area (Å²) >= 11 is 0. The Morgan fingerprint density at radius 2 is 0.836 bits per heavy atom. The fourth-order valence-corrected chi connectivity index (χ4v) is 15.6. The molecule has 0 N–H and O–H groups in total. The number of fused-ring (bicyclic) bond motifs is 6. The second-order valence-corrected chi connectivity index (χ2v) is 18.9. The van der Waals surface area contributed by atoms with Crippen LogP contribution in [0.25, 0.3) is 0 Å². The summed E-state index contributed by atoms with van der Waals surface area (Å²) in [5, 5.41) is 0. The van der Waals surface area contributed by atoms with E-state index in [1.807, 2.05) is 0 Å². The molecule has 1 heteroatoms.